The first-order chi connectivity index (χ1) is 14.5. The van der Waals surface area contributed by atoms with E-state index in [4.69, 9.17) is 5.73 Å². The van der Waals surface area contributed by atoms with Gasteiger partial charge in [-0.3, -0.25) is 14.5 Å². The molecule has 30 heavy (non-hydrogen) atoms. The molecule has 0 saturated carbocycles. The summed E-state index contributed by atoms with van der Waals surface area (Å²) in [6, 6.07) is 12.4. The Bertz CT molecular complexity index is 1140. The van der Waals surface area contributed by atoms with E-state index in [0.717, 1.165) is 38.0 Å². The molecular formula is C24H26N4O2. The van der Waals surface area contributed by atoms with Gasteiger partial charge in [-0.05, 0) is 85.1 Å². The first-order valence-corrected chi connectivity index (χ1v) is 10.6. The first kappa shape index (κ1) is 18.9. The molecule has 3 aromatic rings. The molecule has 4 N–H and O–H groups in total. The number of H-pyrrole nitrogens is 1. The molecule has 2 aromatic carbocycles. The molecule has 5 rings (SSSR count). The summed E-state index contributed by atoms with van der Waals surface area (Å²) in [5, 5.41) is 4.20. The molecule has 6 heteroatoms. The Hall–Kier alpha value is -3.12. The smallest absolute Gasteiger partial charge is 0.252 e. The van der Waals surface area contributed by atoms with Gasteiger partial charge in [0.2, 0.25) is 5.91 Å². The van der Waals surface area contributed by atoms with Crippen LogP contribution in [-0.4, -0.2) is 34.8 Å². The van der Waals surface area contributed by atoms with Gasteiger partial charge < -0.3 is 16.0 Å². The van der Waals surface area contributed by atoms with Crippen LogP contribution in [0.2, 0.25) is 0 Å². The van der Waals surface area contributed by atoms with Crippen LogP contribution in [0.4, 0.5) is 0 Å². The van der Waals surface area contributed by atoms with Crippen LogP contribution in [0, 0.1) is 0 Å². The molecule has 1 unspecified atom stereocenters. The Kier molecular flexibility index (Phi) is 4.59. The van der Waals surface area contributed by atoms with E-state index in [2.05, 4.69) is 39.5 Å². The van der Waals surface area contributed by atoms with Crippen LogP contribution in [0.3, 0.4) is 0 Å². The highest BCUT2D eigenvalue weighted by Gasteiger charge is 2.34. The summed E-state index contributed by atoms with van der Waals surface area (Å²) in [7, 11) is 0. The second kappa shape index (κ2) is 7.29. The summed E-state index contributed by atoms with van der Waals surface area (Å²) in [5.41, 5.74) is 11.0. The minimum atomic E-state index is -0.545. The van der Waals surface area contributed by atoms with Crippen molar-refractivity contribution in [3.63, 3.8) is 0 Å². The molecule has 2 aliphatic heterocycles. The van der Waals surface area contributed by atoms with Crippen molar-refractivity contribution in [3.8, 4) is 0 Å². The fraction of sp³-hybridized carbons (Fsp3) is 0.333. The van der Waals surface area contributed by atoms with Gasteiger partial charge >= 0.3 is 0 Å². The fourth-order valence-electron chi connectivity index (χ4n) is 5.11. The van der Waals surface area contributed by atoms with Crippen LogP contribution in [0.15, 0.2) is 42.6 Å². The number of primary amides is 1. The van der Waals surface area contributed by atoms with Gasteiger partial charge in [-0.15, -0.1) is 0 Å². The largest absolute Gasteiger partial charge is 0.366 e. The van der Waals surface area contributed by atoms with E-state index in [9.17, 15) is 9.59 Å². The minimum Gasteiger partial charge on any atom is -0.366 e. The van der Waals surface area contributed by atoms with Gasteiger partial charge in [-0.2, -0.15) is 0 Å². The van der Waals surface area contributed by atoms with Crippen molar-refractivity contribution in [2.24, 2.45) is 5.73 Å². The average molecular weight is 402 g/mol. The lowest BCUT2D eigenvalue weighted by atomic mass is 9.82. The van der Waals surface area contributed by atoms with Crippen molar-refractivity contribution in [2.75, 3.05) is 13.1 Å². The van der Waals surface area contributed by atoms with E-state index in [1.54, 1.807) is 6.07 Å². The van der Waals surface area contributed by atoms with Gasteiger partial charge in [0.25, 0.3) is 5.91 Å². The number of carbonyl (C=O) groups is 2. The number of hydrogen-bond donors (Lipinski definition) is 3. The molecule has 6 nitrogen and oxygen atoms in total. The molecule has 0 aliphatic carbocycles. The van der Waals surface area contributed by atoms with Crippen molar-refractivity contribution in [1.82, 2.24) is 15.2 Å². The number of amides is 2. The van der Waals surface area contributed by atoms with Crippen LogP contribution in [0.25, 0.3) is 10.9 Å². The predicted octanol–water partition coefficient (Wildman–Crippen LogP) is 3.45. The van der Waals surface area contributed by atoms with Crippen LogP contribution >= 0.6 is 0 Å². The number of carbonyl (C=O) groups excluding carboxylic acids is 2. The standard InChI is InChI=1S/C24H26N4O2/c1-14-21-18(3-4-19(23(25)29)22(21)24(30)27-14)16-7-10-28(11-8-16)13-15-2-5-20-17(12-15)6-9-26-20/h2-6,9,12,14,16,26H,7-8,10-11,13H2,1H3,(H2,25,29)(H,27,30). The van der Waals surface area contributed by atoms with Crippen LogP contribution in [0.5, 0.6) is 0 Å². The molecular weight excluding hydrogens is 376 g/mol. The Morgan fingerprint density at radius 1 is 1.17 bits per heavy atom. The highest BCUT2D eigenvalue weighted by atomic mass is 16.2. The molecule has 0 bridgehead atoms. The lowest BCUT2D eigenvalue weighted by Crippen LogP contribution is -2.33. The molecule has 0 spiro atoms. The molecule has 154 valence electrons. The highest BCUT2D eigenvalue weighted by Crippen LogP contribution is 2.39. The van der Waals surface area contributed by atoms with Crippen molar-refractivity contribution in [1.29, 1.82) is 0 Å². The van der Waals surface area contributed by atoms with Crippen LogP contribution in [0.1, 0.15) is 69.1 Å². The van der Waals surface area contributed by atoms with Gasteiger partial charge in [0.15, 0.2) is 0 Å². The number of aromatic nitrogens is 1. The maximum absolute atomic E-state index is 12.4. The highest BCUT2D eigenvalue weighted by molar-refractivity contribution is 6.10. The Morgan fingerprint density at radius 3 is 2.73 bits per heavy atom. The van der Waals surface area contributed by atoms with E-state index in [1.807, 2.05) is 19.2 Å². The molecule has 1 saturated heterocycles. The van der Waals surface area contributed by atoms with Gasteiger partial charge in [0, 0.05) is 18.3 Å². The van der Waals surface area contributed by atoms with E-state index in [1.165, 1.54) is 22.0 Å². The Morgan fingerprint density at radius 2 is 1.97 bits per heavy atom. The van der Waals surface area contributed by atoms with Crippen molar-refractivity contribution < 1.29 is 9.59 Å². The quantitative estimate of drug-likeness (QED) is 0.624. The van der Waals surface area contributed by atoms with E-state index in [-0.39, 0.29) is 11.9 Å². The molecule has 0 radical (unpaired) electrons. The minimum absolute atomic E-state index is 0.0899. The normalized spacial score (nSPS) is 19.8. The number of benzene rings is 2. The second-order valence-electron chi connectivity index (χ2n) is 8.50. The maximum atomic E-state index is 12.4. The summed E-state index contributed by atoms with van der Waals surface area (Å²) in [4.78, 5) is 30.0. The molecule has 1 aromatic heterocycles. The third-order valence-corrected chi connectivity index (χ3v) is 6.60. The van der Waals surface area contributed by atoms with Crippen molar-refractivity contribution >= 4 is 22.7 Å². The van der Waals surface area contributed by atoms with Crippen LogP contribution < -0.4 is 11.1 Å². The third kappa shape index (κ3) is 3.17. The number of nitrogens with one attached hydrogen (secondary N) is 2. The maximum Gasteiger partial charge on any atom is 0.252 e. The van der Waals surface area contributed by atoms with Gasteiger partial charge in [0.05, 0.1) is 17.2 Å². The summed E-state index contributed by atoms with van der Waals surface area (Å²) in [5.74, 6) is -0.346. The third-order valence-electron chi connectivity index (χ3n) is 6.60. The van der Waals surface area contributed by atoms with Gasteiger partial charge in [-0.25, -0.2) is 0 Å². The number of rotatable bonds is 4. The molecule has 1 fully saturated rings. The molecule has 2 aliphatic rings. The summed E-state index contributed by atoms with van der Waals surface area (Å²) < 4.78 is 0. The average Bonchev–Trinajstić information content (AvgIpc) is 3.32. The number of hydrogen-bond acceptors (Lipinski definition) is 3. The Labute approximate surface area is 175 Å². The number of fused-ring (bicyclic) bond motifs is 2. The molecule has 1 atom stereocenters. The lowest BCUT2D eigenvalue weighted by molar-refractivity contribution is 0.0941. The molecule has 3 heterocycles. The number of nitrogens with two attached hydrogens (primary N) is 1. The van der Waals surface area contributed by atoms with Crippen molar-refractivity contribution in [3.05, 3.63) is 70.4 Å². The van der Waals surface area contributed by atoms with E-state index < -0.39 is 5.91 Å². The van der Waals surface area contributed by atoms with E-state index in [0.29, 0.717) is 17.0 Å². The number of nitrogens with zero attached hydrogens (tertiary/aromatic N) is 1. The number of likely N-dealkylation sites (tertiary alicyclic amines) is 1. The topological polar surface area (TPSA) is 91.2 Å². The Balaban J connectivity index is 1.33. The fourth-order valence-corrected chi connectivity index (χ4v) is 5.11. The SMILES string of the molecule is CC1NC(=O)c2c(C(N)=O)ccc(C3CCN(Cc4ccc5[nH]ccc5c4)CC3)c21. The number of piperidine rings is 1. The first-order valence-electron chi connectivity index (χ1n) is 10.6. The summed E-state index contributed by atoms with van der Waals surface area (Å²) in [6.07, 6.45) is 4.05. The zero-order valence-corrected chi connectivity index (χ0v) is 17.1. The van der Waals surface area contributed by atoms with Gasteiger partial charge in [-0.1, -0.05) is 12.1 Å². The number of aromatic amines is 1. The summed E-state index contributed by atoms with van der Waals surface area (Å²) in [6.45, 7) is 4.95. The van der Waals surface area contributed by atoms with Crippen LogP contribution in [-0.2, 0) is 6.54 Å². The summed E-state index contributed by atoms with van der Waals surface area (Å²) >= 11 is 0. The van der Waals surface area contributed by atoms with Crippen molar-refractivity contribution in [2.45, 2.75) is 38.3 Å². The molecule has 2 amide bonds. The van der Waals surface area contributed by atoms with E-state index >= 15 is 0 Å². The monoisotopic (exact) mass is 402 g/mol. The van der Waals surface area contributed by atoms with Gasteiger partial charge in [0.1, 0.15) is 0 Å². The lowest BCUT2D eigenvalue weighted by Gasteiger charge is -2.33. The second-order valence-corrected chi connectivity index (χ2v) is 8.50. The predicted molar refractivity (Wildman–Crippen MR) is 116 cm³/mol. The zero-order chi connectivity index (χ0) is 20.8. The zero-order valence-electron chi connectivity index (χ0n) is 17.1.